The van der Waals surface area contributed by atoms with Crippen LogP contribution in [0.2, 0.25) is 0 Å². The highest BCUT2D eigenvalue weighted by Crippen LogP contribution is 2.26. The van der Waals surface area contributed by atoms with Gasteiger partial charge in [0.2, 0.25) is 0 Å². The molecular weight excluding hydrogens is 316 g/mol. The van der Waals surface area contributed by atoms with Crippen LogP contribution in [-0.2, 0) is 0 Å². The van der Waals surface area contributed by atoms with Gasteiger partial charge in [-0.3, -0.25) is 14.9 Å². The maximum Gasteiger partial charge on any atom is 0.270 e. The van der Waals surface area contributed by atoms with Crippen molar-refractivity contribution in [1.29, 1.82) is 0 Å². The average molecular weight is 332 g/mol. The largest absolute Gasteiger partial charge is 0.349 e. The summed E-state index contributed by atoms with van der Waals surface area (Å²) < 4.78 is 0. The zero-order chi connectivity index (χ0) is 16.2. The molecule has 0 saturated carbocycles. The summed E-state index contributed by atoms with van der Waals surface area (Å²) in [7, 11) is 0. The van der Waals surface area contributed by atoms with Crippen LogP contribution in [-0.4, -0.2) is 34.9 Å². The molecule has 0 spiro atoms. The van der Waals surface area contributed by atoms with Crippen molar-refractivity contribution in [3.05, 3.63) is 45.5 Å². The van der Waals surface area contributed by atoms with Crippen LogP contribution in [0.15, 0.2) is 29.6 Å². The van der Waals surface area contributed by atoms with Gasteiger partial charge in [-0.2, -0.15) is 0 Å². The minimum absolute atomic E-state index is 0.0102. The first-order valence-corrected chi connectivity index (χ1v) is 8.23. The highest BCUT2D eigenvalue weighted by Gasteiger charge is 2.17. The monoisotopic (exact) mass is 332 g/mol. The fourth-order valence-corrected chi connectivity index (χ4v) is 3.30. The smallest absolute Gasteiger partial charge is 0.270 e. The number of rotatable bonds is 5. The summed E-state index contributed by atoms with van der Waals surface area (Å²) in [5.41, 5.74) is 0.992. The van der Waals surface area contributed by atoms with Crippen molar-refractivity contribution in [3.63, 3.8) is 0 Å². The van der Waals surface area contributed by atoms with Crippen LogP contribution < -0.4 is 10.6 Å². The van der Waals surface area contributed by atoms with Gasteiger partial charge in [0.1, 0.15) is 10.7 Å². The summed E-state index contributed by atoms with van der Waals surface area (Å²) in [6, 6.07) is 6.58. The van der Waals surface area contributed by atoms with Crippen LogP contribution in [0.5, 0.6) is 0 Å². The first-order valence-electron chi connectivity index (χ1n) is 7.35. The minimum Gasteiger partial charge on any atom is -0.349 e. The lowest BCUT2D eigenvalue weighted by molar-refractivity contribution is -0.384. The van der Waals surface area contributed by atoms with Crippen LogP contribution in [0.4, 0.5) is 5.69 Å². The van der Waals surface area contributed by atoms with Crippen molar-refractivity contribution < 1.29 is 9.72 Å². The Bertz CT molecular complexity index is 725. The maximum absolute atomic E-state index is 12.1. The van der Waals surface area contributed by atoms with Crippen LogP contribution in [0.3, 0.4) is 0 Å². The van der Waals surface area contributed by atoms with E-state index in [2.05, 4.69) is 15.6 Å². The molecule has 3 rings (SSSR count). The molecule has 1 fully saturated rings. The third-order valence-electron chi connectivity index (χ3n) is 3.71. The molecule has 1 aromatic heterocycles. The molecule has 1 unspecified atom stereocenters. The Morgan fingerprint density at radius 1 is 1.52 bits per heavy atom. The first kappa shape index (κ1) is 15.6. The Labute approximate surface area is 136 Å². The van der Waals surface area contributed by atoms with E-state index >= 15 is 0 Å². The molecule has 1 amide bonds. The van der Waals surface area contributed by atoms with E-state index in [1.165, 1.54) is 23.5 Å². The lowest BCUT2D eigenvalue weighted by Gasteiger charge is -2.10. The summed E-state index contributed by atoms with van der Waals surface area (Å²) >= 11 is 1.30. The van der Waals surface area contributed by atoms with E-state index in [9.17, 15) is 14.9 Å². The van der Waals surface area contributed by atoms with E-state index in [4.69, 9.17) is 0 Å². The maximum atomic E-state index is 12.1. The lowest BCUT2D eigenvalue weighted by atomic mass is 10.2. The Morgan fingerprint density at radius 3 is 3.13 bits per heavy atom. The van der Waals surface area contributed by atoms with E-state index < -0.39 is 4.92 Å². The molecular formula is C15H16N4O3S. The fourth-order valence-electron chi connectivity index (χ4n) is 2.50. The minimum atomic E-state index is -0.445. The molecule has 1 saturated heterocycles. The number of carbonyl (C=O) groups is 1. The molecule has 2 N–H and O–H groups in total. The highest BCUT2D eigenvalue weighted by molar-refractivity contribution is 7.13. The normalized spacial score (nSPS) is 17.1. The zero-order valence-electron chi connectivity index (χ0n) is 12.3. The third kappa shape index (κ3) is 3.72. The topological polar surface area (TPSA) is 97.2 Å². The van der Waals surface area contributed by atoms with E-state index in [0.29, 0.717) is 28.9 Å². The van der Waals surface area contributed by atoms with Gasteiger partial charge in [0, 0.05) is 35.7 Å². The molecule has 2 aromatic rings. The molecule has 2 heterocycles. The van der Waals surface area contributed by atoms with Gasteiger partial charge >= 0.3 is 0 Å². The molecule has 8 heteroatoms. The van der Waals surface area contributed by atoms with E-state index in [1.807, 2.05) is 0 Å². The van der Waals surface area contributed by atoms with Gasteiger partial charge in [-0.1, -0.05) is 12.1 Å². The SMILES string of the molecule is O=C(NCC1CCCN1)c1csc(-c2cccc([N+](=O)[O-])c2)n1. The molecule has 1 aliphatic heterocycles. The highest BCUT2D eigenvalue weighted by atomic mass is 32.1. The fraction of sp³-hybridized carbons (Fsp3) is 0.333. The number of hydrogen-bond acceptors (Lipinski definition) is 6. The Hall–Kier alpha value is -2.32. The number of carbonyl (C=O) groups excluding carboxylic acids is 1. The van der Waals surface area contributed by atoms with E-state index in [-0.39, 0.29) is 11.6 Å². The number of amides is 1. The van der Waals surface area contributed by atoms with Crippen molar-refractivity contribution in [1.82, 2.24) is 15.6 Å². The summed E-state index contributed by atoms with van der Waals surface area (Å²) in [4.78, 5) is 26.8. The average Bonchev–Trinajstić information content (AvgIpc) is 3.24. The van der Waals surface area contributed by atoms with Crippen LogP contribution >= 0.6 is 11.3 Å². The van der Waals surface area contributed by atoms with E-state index in [0.717, 1.165) is 19.4 Å². The second kappa shape index (κ2) is 6.84. The Morgan fingerprint density at radius 2 is 2.39 bits per heavy atom. The molecule has 7 nitrogen and oxygen atoms in total. The standard InChI is InChI=1S/C15H16N4O3S/c20-14(17-8-11-4-2-6-16-11)13-9-23-15(18-13)10-3-1-5-12(7-10)19(21)22/h1,3,5,7,9,11,16H,2,4,6,8H2,(H,17,20). The number of nitro groups is 1. The second-order valence-corrected chi connectivity index (χ2v) is 6.21. The number of aromatic nitrogens is 1. The number of hydrogen-bond donors (Lipinski definition) is 2. The quantitative estimate of drug-likeness (QED) is 0.646. The predicted molar refractivity (Wildman–Crippen MR) is 87.6 cm³/mol. The van der Waals surface area contributed by atoms with Crippen molar-refractivity contribution in [2.75, 3.05) is 13.1 Å². The summed E-state index contributed by atoms with van der Waals surface area (Å²) in [5, 5.41) is 19.3. The third-order valence-corrected chi connectivity index (χ3v) is 4.60. The van der Waals surface area contributed by atoms with Crippen LogP contribution in [0.1, 0.15) is 23.3 Å². The molecule has 0 aliphatic carbocycles. The van der Waals surface area contributed by atoms with Crippen molar-refractivity contribution in [2.24, 2.45) is 0 Å². The summed E-state index contributed by atoms with van der Waals surface area (Å²) in [5.74, 6) is -0.216. The van der Waals surface area contributed by atoms with Crippen molar-refractivity contribution >= 4 is 22.9 Å². The summed E-state index contributed by atoms with van der Waals surface area (Å²) in [6.07, 6.45) is 2.20. The Balaban J connectivity index is 1.68. The van der Waals surface area contributed by atoms with Gasteiger partial charge in [-0.15, -0.1) is 11.3 Å². The number of thiazole rings is 1. The predicted octanol–water partition coefficient (Wildman–Crippen LogP) is 2.20. The molecule has 120 valence electrons. The number of benzene rings is 1. The summed E-state index contributed by atoms with van der Waals surface area (Å²) in [6.45, 7) is 1.58. The number of non-ortho nitro benzene ring substituents is 1. The van der Waals surface area contributed by atoms with Crippen molar-refractivity contribution in [3.8, 4) is 10.6 Å². The molecule has 0 radical (unpaired) electrons. The number of nitrogens with one attached hydrogen (secondary N) is 2. The van der Waals surface area contributed by atoms with Crippen LogP contribution in [0.25, 0.3) is 10.6 Å². The molecule has 1 atom stereocenters. The van der Waals surface area contributed by atoms with Gasteiger partial charge in [0.25, 0.3) is 11.6 Å². The van der Waals surface area contributed by atoms with Crippen molar-refractivity contribution in [2.45, 2.75) is 18.9 Å². The molecule has 1 aliphatic rings. The first-order chi connectivity index (χ1) is 11.1. The molecule has 0 bridgehead atoms. The lowest BCUT2D eigenvalue weighted by Crippen LogP contribution is -2.37. The second-order valence-electron chi connectivity index (χ2n) is 5.35. The molecule has 1 aromatic carbocycles. The van der Waals surface area contributed by atoms with E-state index in [1.54, 1.807) is 17.5 Å². The van der Waals surface area contributed by atoms with Gasteiger partial charge in [0.05, 0.1) is 4.92 Å². The zero-order valence-corrected chi connectivity index (χ0v) is 13.1. The number of nitrogens with zero attached hydrogens (tertiary/aromatic N) is 2. The van der Waals surface area contributed by atoms with Crippen LogP contribution in [0, 0.1) is 10.1 Å². The van der Waals surface area contributed by atoms with Gasteiger partial charge < -0.3 is 10.6 Å². The molecule has 23 heavy (non-hydrogen) atoms. The Kier molecular flexibility index (Phi) is 4.63. The number of nitro benzene ring substituents is 1. The van der Waals surface area contributed by atoms with Gasteiger partial charge in [-0.05, 0) is 19.4 Å². The van der Waals surface area contributed by atoms with Gasteiger partial charge in [0.15, 0.2) is 0 Å². The van der Waals surface area contributed by atoms with Gasteiger partial charge in [-0.25, -0.2) is 4.98 Å².